The number of urea groups is 1. The maximum Gasteiger partial charge on any atom is 0.332 e. The quantitative estimate of drug-likeness (QED) is 0.585. The second kappa shape index (κ2) is 7.17. The van der Waals surface area contributed by atoms with Crippen molar-refractivity contribution < 1.29 is 9.59 Å². The van der Waals surface area contributed by atoms with Crippen molar-refractivity contribution in [3.63, 3.8) is 0 Å². The average molecular weight is 435 g/mol. The lowest BCUT2D eigenvalue weighted by molar-refractivity contribution is -0.120. The third-order valence-electron chi connectivity index (χ3n) is 6.29. The van der Waals surface area contributed by atoms with Gasteiger partial charge in [0.1, 0.15) is 12.1 Å². The topological polar surface area (TPSA) is 92.6 Å². The zero-order valence-electron chi connectivity index (χ0n) is 17.3. The lowest BCUT2D eigenvalue weighted by atomic mass is 10.1. The van der Waals surface area contributed by atoms with E-state index in [-0.39, 0.29) is 24.0 Å². The van der Waals surface area contributed by atoms with Crippen LogP contribution in [0.4, 0.5) is 10.5 Å². The number of amides is 3. The van der Waals surface area contributed by atoms with Crippen LogP contribution in [0.15, 0.2) is 30.5 Å². The number of benzene rings is 1. The van der Waals surface area contributed by atoms with Gasteiger partial charge in [-0.15, -0.1) is 0 Å². The number of nitriles is 1. The molecule has 3 aliphatic heterocycles. The largest absolute Gasteiger partial charge is 0.362 e. The van der Waals surface area contributed by atoms with Crippen molar-refractivity contribution in [3.8, 4) is 6.07 Å². The van der Waals surface area contributed by atoms with Crippen molar-refractivity contribution in [1.29, 1.82) is 5.26 Å². The number of likely N-dealkylation sites (tertiary alicyclic amines) is 1. The van der Waals surface area contributed by atoms with Crippen LogP contribution in [-0.4, -0.2) is 63.0 Å². The van der Waals surface area contributed by atoms with Crippen LogP contribution >= 0.6 is 12.2 Å². The lowest BCUT2D eigenvalue weighted by Crippen LogP contribution is -2.57. The van der Waals surface area contributed by atoms with E-state index >= 15 is 0 Å². The van der Waals surface area contributed by atoms with Gasteiger partial charge in [0.2, 0.25) is 0 Å². The fourth-order valence-corrected chi connectivity index (χ4v) is 5.24. The second-order valence-corrected chi connectivity index (χ2v) is 9.03. The zero-order chi connectivity index (χ0) is 21.9. The minimum absolute atomic E-state index is 0.0435. The van der Waals surface area contributed by atoms with Gasteiger partial charge in [-0.05, 0) is 48.8 Å². The van der Waals surface area contributed by atoms with Gasteiger partial charge >= 0.3 is 6.03 Å². The van der Waals surface area contributed by atoms with Crippen molar-refractivity contribution >= 4 is 45.9 Å². The van der Waals surface area contributed by atoms with E-state index in [9.17, 15) is 14.9 Å². The predicted octanol–water partition coefficient (Wildman–Crippen LogP) is 2.23. The van der Waals surface area contributed by atoms with Gasteiger partial charge in [-0.3, -0.25) is 9.78 Å². The minimum atomic E-state index is -0.549. The van der Waals surface area contributed by atoms with Crippen LogP contribution in [0.25, 0.3) is 10.9 Å². The number of nitrogens with one attached hydrogen (secondary N) is 1. The molecule has 2 bridgehead atoms. The number of aromatic nitrogens is 1. The zero-order valence-corrected chi connectivity index (χ0v) is 18.1. The molecule has 3 aliphatic rings. The van der Waals surface area contributed by atoms with Crippen molar-refractivity contribution in [2.24, 2.45) is 5.92 Å². The molecule has 3 fully saturated rings. The number of carbonyl (C=O) groups excluding carboxylic acids is 2. The van der Waals surface area contributed by atoms with E-state index in [1.54, 1.807) is 35.4 Å². The highest BCUT2D eigenvalue weighted by molar-refractivity contribution is 7.80. The second-order valence-electron chi connectivity index (χ2n) is 8.64. The molecule has 0 saturated carbocycles. The number of carbonyl (C=O) groups is 2. The Bertz CT molecular complexity index is 1160. The van der Waals surface area contributed by atoms with Gasteiger partial charge in [-0.25, -0.2) is 9.69 Å². The number of hydrogen-bond acceptors (Lipinski definition) is 5. The lowest BCUT2D eigenvalue weighted by Gasteiger charge is -2.36. The van der Waals surface area contributed by atoms with Crippen molar-refractivity contribution in [1.82, 2.24) is 20.1 Å². The Balaban J connectivity index is 1.48. The molecular formula is C22H22N6O2S. The third-order valence-corrected chi connectivity index (χ3v) is 6.67. The molecule has 31 heavy (non-hydrogen) atoms. The highest BCUT2D eigenvalue weighted by Crippen LogP contribution is 2.43. The van der Waals surface area contributed by atoms with E-state index < -0.39 is 6.04 Å². The van der Waals surface area contributed by atoms with E-state index in [0.717, 1.165) is 13.0 Å². The van der Waals surface area contributed by atoms with Crippen LogP contribution < -0.4 is 10.2 Å². The van der Waals surface area contributed by atoms with E-state index in [4.69, 9.17) is 12.2 Å². The summed E-state index contributed by atoms with van der Waals surface area (Å²) in [7, 11) is 0. The Labute approximate surface area is 185 Å². The highest BCUT2D eigenvalue weighted by atomic mass is 32.1. The van der Waals surface area contributed by atoms with Crippen LogP contribution in [0.5, 0.6) is 0 Å². The molecule has 1 aromatic carbocycles. The summed E-state index contributed by atoms with van der Waals surface area (Å²) >= 11 is 5.59. The highest BCUT2D eigenvalue weighted by Gasteiger charge is 2.62. The first-order valence-corrected chi connectivity index (χ1v) is 10.8. The molecule has 1 aromatic heterocycles. The molecule has 9 heteroatoms. The Hall–Kier alpha value is -3.25. The molecule has 158 valence electrons. The van der Waals surface area contributed by atoms with Crippen molar-refractivity contribution in [2.75, 3.05) is 18.0 Å². The number of nitrogens with zero attached hydrogens (tertiary/aromatic N) is 5. The molecular weight excluding hydrogens is 412 g/mol. The molecule has 1 N–H and O–H groups in total. The van der Waals surface area contributed by atoms with E-state index in [1.807, 2.05) is 0 Å². The number of hydrogen-bond donors (Lipinski definition) is 1. The Kier molecular flexibility index (Phi) is 4.55. The molecule has 5 rings (SSSR count). The normalized spacial score (nSPS) is 24.3. The monoisotopic (exact) mass is 434 g/mol. The number of thiocarbonyl (C=S) groups is 1. The number of imide groups is 1. The molecule has 0 radical (unpaired) electrons. The maximum absolute atomic E-state index is 13.5. The average Bonchev–Trinajstić information content (AvgIpc) is 3.43. The van der Waals surface area contributed by atoms with E-state index in [0.29, 0.717) is 39.7 Å². The first kappa shape index (κ1) is 19.7. The van der Waals surface area contributed by atoms with Gasteiger partial charge in [-0.2, -0.15) is 5.26 Å². The van der Waals surface area contributed by atoms with Crippen LogP contribution in [0.1, 0.15) is 25.8 Å². The molecule has 0 spiro atoms. The molecule has 8 nitrogen and oxygen atoms in total. The van der Waals surface area contributed by atoms with Crippen LogP contribution in [0.3, 0.4) is 0 Å². The van der Waals surface area contributed by atoms with Gasteiger partial charge in [0, 0.05) is 24.7 Å². The molecule has 3 saturated heterocycles. The van der Waals surface area contributed by atoms with E-state index in [1.165, 1.54) is 4.90 Å². The van der Waals surface area contributed by atoms with Gasteiger partial charge in [-0.1, -0.05) is 13.8 Å². The summed E-state index contributed by atoms with van der Waals surface area (Å²) in [6, 6.07) is 7.90. The molecule has 0 aliphatic carbocycles. The van der Waals surface area contributed by atoms with Crippen LogP contribution in [-0.2, 0) is 4.79 Å². The summed E-state index contributed by atoms with van der Waals surface area (Å²) in [4.78, 5) is 36.2. The SMILES string of the molecule is CC(C)CNC(=S)N1C[C@H]2CC1[C@H]1C(=O)N(c3ccc(C#N)c4ncccc34)C(=O)N21. The van der Waals surface area contributed by atoms with Crippen LogP contribution in [0.2, 0.25) is 0 Å². The van der Waals surface area contributed by atoms with Crippen LogP contribution in [0, 0.1) is 17.2 Å². The molecule has 1 unspecified atom stereocenters. The molecule has 2 aromatic rings. The number of piperazine rings is 1. The molecule has 4 heterocycles. The molecule has 3 atom stereocenters. The first-order chi connectivity index (χ1) is 14.9. The fourth-order valence-electron chi connectivity index (χ4n) is 4.95. The predicted molar refractivity (Wildman–Crippen MR) is 119 cm³/mol. The Morgan fingerprint density at radius 1 is 1.35 bits per heavy atom. The van der Waals surface area contributed by atoms with Gasteiger partial charge in [0.05, 0.1) is 28.9 Å². The molecule has 3 amide bonds. The smallest absolute Gasteiger partial charge is 0.332 e. The van der Waals surface area contributed by atoms with E-state index in [2.05, 4.69) is 35.1 Å². The fraction of sp³-hybridized carbons (Fsp3) is 0.409. The minimum Gasteiger partial charge on any atom is -0.362 e. The van der Waals surface area contributed by atoms with Gasteiger partial charge in [0.25, 0.3) is 5.91 Å². The number of pyridine rings is 1. The Morgan fingerprint density at radius 3 is 2.90 bits per heavy atom. The summed E-state index contributed by atoms with van der Waals surface area (Å²) in [5.74, 6) is 0.210. The summed E-state index contributed by atoms with van der Waals surface area (Å²) in [6.07, 6.45) is 2.34. The number of fused-ring (bicyclic) bond motifs is 6. The van der Waals surface area contributed by atoms with Gasteiger partial charge in [0.15, 0.2) is 5.11 Å². The standard InChI is InChI=1S/C22H22N6O2S/c1-12(2)10-25-21(31)26-11-14-8-17(26)19-20(29)28(22(30)27(14)19)16-6-5-13(9-23)18-15(16)4-3-7-24-18/h3-7,12,14,17,19H,8,10-11H2,1-2H3,(H,25,31)/t14-,17?,19+/m1/s1. The van der Waals surface area contributed by atoms with Gasteiger partial charge < -0.3 is 15.1 Å². The summed E-state index contributed by atoms with van der Waals surface area (Å²) < 4.78 is 0. The van der Waals surface area contributed by atoms with Crippen molar-refractivity contribution in [2.45, 2.75) is 38.4 Å². The summed E-state index contributed by atoms with van der Waals surface area (Å²) in [5, 5.41) is 13.9. The summed E-state index contributed by atoms with van der Waals surface area (Å²) in [6.45, 7) is 5.63. The van der Waals surface area contributed by atoms with Crippen molar-refractivity contribution in [3.05, 3.63) is 36.0 Å². The maximum atomic E-state index is 13.5. The third kappa shape index (κ3) is 2.86. The number of anilines is 1. The first-order valence-electron chi connectivity index (χ1n) is 10.4. The summed E-state index contributed by atoms with van der Waals surface area (Å²) in [5.41, 5.74) is 1.36. The number of rotatable bonds is 3. The Morgan fingerprint density at radius 2 is 2.16 bits per heavy atom.